The molecule has 9 nitrogen and oxygen atoms in total. The van der Waals surface area contributed by atoms with E-state index in [1.165, 1.54) is 0 Å². The van der Waals surface area contributed by atoms with Crippen molar-refractivity contribution in [3.8, 4) is 17.0 Å². The number of methoxy groups -OCH3 is 1. The molecule has 1 aromatic carbocycles. The Morgan fingerprint density at radius 3 is 3.03 bits per heavy atom. The summed E-state index contributed by atoms with van der Waals surface area (Å²) in [5.41, 5.74) is 10.0. The third-order valence-electron chi connectivity index (χ3n) is 5.10. The summed E-state index contributed by atoms with van der Waals surface area (Å²) in [6.45, 7) is 1.72. The van der Waals surface area contributed by atoms with Gasteiger partial charge in [-0.25, -0.2) is 15.0 Å². The van der Waals surface area contributed by atoms with E-state index in [0.29, 0.717) is 38.3 Å². The summed E-state index contributed by atoms with van der Waals surface area (Å²) in [6.07, 6.45) is 5.24. The minimum absolute atomic E-state index is 0.0234. The second-order valence-corrected chi connectivity index (χ2v) is 7.43. The molecule has 0 spiro atoms. The van der Waals surface area contributed by atoms with E-state index in [-0.39, 0.29) is 11.9 Å². The van der Waals surface area contributed by atoms with Crippen LogP contribution in [-0.2, 0) is 22.5 Å². The lowest BCUT2D eigenvalue weighted by atomic mass is 10.1. The number of benzene rings is 1. The maximum atomic E-state index is 12.1. The van der Waals surface area contributed by atoms with E-state index in [1.807, 2.05) is 24.3 Å². The summed E-state index contributed by atoms with van der Waals surface area (Å²) < 4.78 is 10.9. The number of fused-ring (bicyclic) bond motifs is 1. The first-order chi connectivity index (χ1) is 15.6. The molecular weight excluding hydrogens is 408 g/mol. The fourth-order valence-electron chi connectivity index (χ4n) is 3.59. The Morgan fingerprint density at radius 2 is 2.19 bits per heavy atom. The van der Waals surface area contributed by atoms with Crippen LogP contribution < -0.4 is 21.1 Å². The molecule has 0 saturated carbocycles. The molecule has 166 valence electrons. The fraction of sp³-hybridized carbons (Fsp3) is 0.304. The first-order valence-corrected chi connectivity index (χ1v) is 10.5. The SMILES string of the molecule is COCCCC(=O)Nc1cccc(CNc2ncc(-c3ccnc(N)n3)c3c2CCO3)c1. The van der Waals surface area contributed by atoms with Crippen molar-refractivity contribution in [3.05, 3.63) is 53.9 Å². The molecule has 1 amide bonds. The standard InChI is InChI=1S/C23H26N6O3/c1-31-10-3-6-20(30)28-16-5-2-4-15(12-16)13-26-22-17-8-11-32-21(17)18(14-27-22)19-7-9-25-23(24)29-19/h2,4-5,7,9,12,14H,3,6,8,10-11,13H2,1H3,(H,26,27)(H,28,30)(H2,24,25,29). The van der Waals surface area contributed by atoms with Gasteiger partial charge < -0.3 is 25.8 Å². The zero-order valence-corrected chi connectivity index (χ0v) is 17.9. The number of hydrogen-bond donors (Lipinski definition) is 3. The Morgan fingerprint density at radius 1 is 1.28 bits per heavy atom. The highest BCUT2D eigenvalue weighted by atomic mass is 16.5. The van der Waals surface area contributed by atoms with Crippen LogP contribution in [0.15, 0.2) is 42.7 Å². The van der Waals surface area contributed by atoms with Crippen molar-refractivity contribution in [2.45, 2.75) is 25.8 Å². The molecule has 0 aliphatic carbocycles. The highest BCUT2D eigenvalue weighted by Gasteiger charge is 2.23. The fourth-order valence-corrected chi connectivity index (χ4v) is 3.59. The molecule has 4 rings (SSSR count). The second-order valence-electron chi connectivity index (χ2n) is 7.43. The minimum atomic E-state index is -0.0234. The van der Waals surface area contributed by atoms with Gasteiger partial charge >= 0.3 is 0 Å². The predicted molar refractivity (Wildman–Crippen MR) is 122 cm³/mol. The smallest absolute Gasteiger partial charge is 0.224 e. The molecule has 0 atom stereocenters. The number of pyridine rings is 1. The summed E-state index contributed by atoms with van der Waals surface area (Å²) in [7, 11) is 1.63. The first-order valence-electron chi connectivity index (χ1n) is 10.5. The molecule has 1 aliphatic rings. The zero-order valence-electron chi connectivity index (χ0n) is 17.9. The van der Waals surface area contributed by atoms with Gasteiger partial charge in [0, 0.05) is 56.7 Å². The van der Waals surface area contributed by atoms with Gasteiger partial charge in [-0.2, -0.15) is 0 Å². The number of ether oxygens (including phenoxy) is 2. The summed E-state index contributed by atoms with van der Waals surface area (Å²) in [6, 6.07) is 9.55. The van der Waals surface area contributed by atoms with E-state index >= 15 is 0 Å². The number of nitrogens with two attached hydrogens (primary N) is 1. The third kappa shape index (κ3) is 5.12. The van der Waals surface area contributed by atoms with Gasteiger partial charge in [0.2, 0.25) is 11.9 Å². The molecule has 3 heterocycles. The lowest BCUT2D eigenvalue weighted by molar-refractivity contribution is -0.116. The van der Waals surface area contributed by atoms with E-state index in [1.54, 1.807) is 25.6 Å². The Kier molecular flexibility index (Phi) is 6.76. The van der Waals surface area contributed by atoms with Crippen molar-refractivity contribution in [3.63, 3.8) is 0 Å². The minimum Gasteiger partial charge on any atom is -0.492 e. The number of carbonyl (C=O) groups is 1. The molecule has 0 saturated heterocycles. The van der Waals surface area contributed by atoms with Gasteiger partial charge in [0.05, 0.1) is 17.9 Å². The number of carbonyl (C=O) groups excluding carboxylic acids is 1. The average molecular weight is 435 g/mol. The van der Waals surface area contributed by atoms with Crippen LogP contribution in [0.4, 0.5) is 17.5 Å². The topological polar surface area (TPSA) is 124 Å². The van der Waals surface area contributed by atoms with Gasteiger partial charge in [-0.1, -0.05) is 12.1 Å². The van der Waals surface area contributed by atoms with Gasteiger partial charge in [0.25, 0.3) is 0 Å². The lowest BCUT2D eigenvalue weighted by Gasteiger charge is -2.13. The number of hydrogen-bond acceptors (Lipinski definition) is 8. The Hall–Kier alpha value is -3.72. The van der Waals surface area contributed by atoms with Gasteiger partial charge in [-0.15, -0.1) is 0 Å². The maximum Gasteiger partial charge on any atom is 0.224 e. The number of nitrogens with zero attached hydrogens (tertiary/aromatic N) is 3. The van der Waals surface area contributed by atoms with Crippen LogP contribution >= 0.6 is 0 Å². The molecular formula is C23H26N6O3. The number of amides is 1. The summed E-state index contributed by atoms with van der Waals surface area (Å²) in [5.74, 6) is 1.74. The van der Waals surface area contributed by atoms with E-state index in [2.05, 4.69) is 25.6 Å². The molecule has 9 heteroatoms. The van der Waals surface area contributed by atoms with Gasteiger partial charge in [0.15, 0.2) is 0 Å². The van der Waals surface area contributed by atoms with Crippen molar-refractivity contribution in [1.29, 1.82) is 0 Å². The van der Waals surface area contributed by atoms with Crippen molar-refractivity contribution >= 4 is 23.4 Å². The Bertz CT molecular complexity index is 1100. The third-order valence-corrected chi connectivity index (χ3v) is 5.10. The number of nitrogen functional groups attached to an aromatic ring is 1. The van der Waals surface area contributed by atoms with Crippen LogP contribution in [0.3, 0.4) is 0 Å². The van der Waals surface area contributed by atoms with E-state index in [9.17, 15) is 4.79 Å². The number of rotatable bonds is 9. The van der Waals surface area contributed by atoms with Crippen LogP contribution in [0.1, 0.15) is 24.0 Å². The molecule has 2 aromatic heterocycles. The monoisotopic (exact) mass is 434 g/mol. The molecule has 0 bridgehead atoms. The van der Waals surface area contributed by atoms with Crippen molar-refractivity contribution in [2.24, 2.45) is 0 Å². The predicted octanol–water partition coefficient (Wildman–Crippen LogP) is 3.03. The molecule has 3 aromatic rings. The second kappa shape index (κ2) is 10.1. The van der Waals surface area contributed by atoms with Crippen molar-refractivity contribution in [1.82, 2.24) is 15.0 Å². The van der Waals surface area contributed by atoms with Gasteiger partial charge in [-0.05, 0) is 30.2 Å². The summed E-state index contributed by atoms with van der Waals surface area (Å²) in [4.78, 5) is 24.9. The summed E-state index contributed by atoms with van der Waals surface area (Å²) >= 11 is 0. The molecule has 4 N–H and O–H groups in total. The molecule has 0 unspecified atom stereocenters. The van der Waals surface area contributed by atoms with Crippen LogP contribution in [-0.4, -0.2) is 41.2 Å². The van der Waals surface area contributed by atoms with E-state index < -0.39 is 0 Å². The van der Waals surface area contributed by atoms with Crippen LogP contribution in [0.2, 0.25) is 0 Å². The lowest BCUT2D eigenvalue weighted by Crippen LogP contribution is -2.12. The van der Waals surface area contributed by atoms with E-state index in [0.717, 1.165) is 40.4 Å². The van der Waals surface area contributed by atoms with Crippen molar-refractivity contribution < 1.29 is 14.3 Å². The molecule has 0 radical (unpaired) electrons. The van der Waals surface area contributed by atoms with Gasteiger partial charge in [0.1, 0.15) is 11.6 Å². The summed E-state index contributed by atoms with van der Waals surface area (Å²) in [5, 5.41) is 6.33. The van der Waals surface area contributed by atoms with E-state index in [4.69, 9.17) is 15.2 Å². The molecule has 1 aliphatic heterocycles. The van der Waals surface area contributed by atoms with Crippen LogP contribution in [0.25, 0.3) is 11.3 Å². The van der Waals surface area contributed by atoms with Gasteiger partial charge in [-0.3, -0.25) is 4.79 Å². The van der Waals surface area contributed by atoms with Crippen LogP contribution in [0.5, 0.6) is 5.75 Å². The number of aromatic nitrogens is 3. The highest BCUT2D eigenvalue weighted by Crippen LogP contribution is 2.39. The molecule has 32 heavy (non-hydrogen) atoms. The highest BCUT2D eigenvalue weighted by molar-refractivity contribution is 5.90. The average Bonchev–Trinajstić information content (AvgIpc) is 3.28. The van der Waals surface area contributed by atoms with Crippen LogP contribution in [0, 0.1) is 0 Å². The quantitative estimate of drug-likeness (QED) is 0.439. The first kappa shape index (κ1) is 21.5. The largest absolute Gasteiger partial charge is 0.492 e. The zero-order chi connectivity index (χ0) is 22.3. The normalized spacial score (nSPS) is 12.2. The maximum absolute atomic E-state index is 12.1. The number of nitrogens with one attached hydrogen (secondary N) is 2. The molecule has 0 fully saturated rings. The Balaban J connectivity index is 1.44. The number of anilines is 3. The Labute approximate surface area is 186 Å². The van der Waals surface area contributed by atoms with Crippen molar-refractivity contribution in [2.75, 3.05) is 36.7 Å².